The third kappa shape index (κ3) is 4.96. The molecule has 0 aliphatic rings. The van der Waals surface area contributed by atoms with Crippen molar-refractivity contribution in [2.24, 2.45) is 0 Å². The van der Waals surface area contributed by atoms with Gasteiger partial charge in [0.15, 0.2) is 0 Å². The Morgan fingerprint density at radius 2 is 2.00 bits per heavy atom. The van der Waals surface area contributed by atoms with Crippen LogP contribution >= 0.6 is 0 Å². The van der Waals surface area contributed by atoms with Crippen LogP contribution in [-0.4, -0.2) is 52.5 Å². The highest BCUT2D eigenvalue weighted by molar-refractivity contribution is 7.89. The number of nitrogens with zero attached hydrogens (tertiary/aromatic N) is 2. The lowest BCUT2D eigenvalue weighted by Crippen LogP contribution is -2.28. The van der Waals surface area contributed by atoms with Crippen molar-refractivity contribution in [1.29, 1.82) is 0 Å². The molecule has 0 bridgehead atoms. The third-order valence-corrected chi connectivity index (χ3v) is 4.31. The summed E-state index contributed by atoms with van der Waals surface area (Å²) in [5, 5.41) is 13.5. The van der Waals surface area contributed by atoms with E-state index in [4.69, 9.17) is 0 Å². The van der Waals surface area contributed by atoms with Crippen LogP contribution in [0.1, 0.15) is 6.42 Å². The maximum absolute atomic E-state index is 12.2. The van der Waals surface area contributed by atoms with Crippen LogP contribution in [0.2, 0.25) is 0 Å². The minimum absolute atomic E-state index is 0.121. The molecule has 9 heteroatoms. The van der Waals surface area contributed by atoms with Gasteiger partial charge in [-0.05, 0) is 33.1 Å². The molecule has 0 fully saturated rings. The maximum atomic E-state index is 12.2. The predicted octanol–water partition coefficient (Wildman–Crippen LogP) is 0.866. The number of anilines is 1. The van der Waals surface area contributed by atoms with Gasteiger partial charge in [-0.3, -0.25) is 10.1 Å². The molecule has 0 saturated carbocycles. The van der Waals surface area contributed by atoms with Crippen molar-refractivity contribution < 1.29 is 13.3 Å². The van der Waals surface area contributed by atoms with E-state index in [0.29, 0.717) is 12.1 Å². The third-order valence-electron chi connectivity index (χ3n) is 2.81. The summed E-state index contributed by atoms with van der Waals surface area (Å²) < 4.78 is 26.9. The summed E-state index contributed by atoms with van der Waals surface area (Å²) in [6.07, 6.45) is 0.649. The molecule has 2 N–H and O–H groups in total. The van der Waals surface area contributed by atoms with Crippen molar-refractivity contribution in [3.63, 3.8) is 0 Å². The van der Waals surface area contributed by atoms with E-state index in [-0.39, 0.29) is 17.1 Å². The fourth-order valence-electron chi connectivity index (χ4n) is 1.73. The van der Waals surface area contributed by atoms with Crippen LogP contribution in [0, 0.1) is 10.1 Å². The minimum atomic E-state index is -3.79. The lowest BCUT2D eigenvalue weighted by molar-refractivity contribution is -0.385. The topological polar surface area (TPSA) is 105 Å². The second-order valence-electron chi connectivity index (χ2n) is 4.74. The molecule has 0 atom stereocenters. The summed E-state index contributed by atoms with van der Waals surface area (Å²) >= 11 is 0. The van der Waals surface area contributed by atoms with E-state index in [0.717, 1.165) is 12.6 Å². The molecule has 0 aliphatic heterocycles. The molecule has 0 spiro atoms. The number of hydrogen-bond donors (Lipinski definition) is 2. The van der Waals surface area contributed by atoms with Crippen molar-refractivity contribution in [2.75, 3.05) is 39.5 Å². The van der Waals surface area contributed by atoms with Crippen LogP contribution in [0.3, 0.4) is 0 Å². The summed E-state index contributed by atoms with van der Waals surface area (Å²) in [6, 6.07) is 3.70. The van der Waals surface area contributed by atoms with Crippen molar-refractivity contribution in [2.45, 2.75) is 11.3 Å². The Morgan fingerprint density at radius 1 is 1.33 bits per heavy atom. The predicted molar refractivity (Wildman–Crippen MR) is 81.0 cm³/mol. The molecule has 0 aliphatic carbocycles. The van der Waals surface area contributed by atoms with E-state index in [1.54, 1.807) is 7.05 Å². The molecule has 0 aromatic heterocycles. The number of sulfonamides is 1. The molecular formula is C12H20N4O4S. The van der Waals surface area contributed by atoms with Crippen molar-refractivity contribution in [3.8, 4) is 0 Å². The van der Waals surface area contributed by atoms with Crippen LogP contribution in [0.15, 0.2) is 23.1 Å². The molecule has 0 amide bonds. The van der Waals surface area contributed by atoms with Gasteiger partial charge in [0, 0.05) is 25.7 Å². The zero-order chi connectivity index (χ0) is 16.0. The normalized spacial score (nSPS) is 11.6. The first kappa shape index (κ1) is 17.3. The molecule has 118 valence electrons. The zero-order valence-corrected chi connectivity index (χ0v) is 13.1. The number of nitro benzene ring substituents is 1. The van der Waals surface area contributed by atoms with Gasteiger partial charge in [0.1, 0.15) is 4.90 Å². The van der Waals surface area contributed by atoms with Gasteiger partial charge in [0.25, 0.3) is 5.69 Å². The second-order valence-corrected chi connectivity index (χ2v) is 6.48. The Hall–Kier alpha value is -1.71. The fraction of sp³-hybridized carbons (Fsp3) is 0.500. The Bertz CT molecular complexity index is 601. The Balaban J connectivity index is 2.95. The number of rotatable bonds is 8. The Labute approximate surface area is 124 Å². The van der Waals surface area contributed by atoms with E-state index in [2.05, 4.69) is 10.0 Å². The van der Waals surface area contributed by atoms with E-state index in [1.165, 1.54) is 12.1 Å². The first-order valence-electron chi connectivity index (χ1n) is 6.38. The highest BCUT2D eigenvalue weighted by Crippen LogP contribution is 2.25. The summed E-state index contributed by atoms with van der Waals surface area (Å²) in [4.78, 5) is 12.0. The van der Waals surface area contributed by atoms with Crippen LogP contribution in [0.4, 0.5) is 11.4 Å². The standard InChI is InChI=1S/C12H20N4O4S/c1-13-11-6-5-10(16(17)18)9-12(11)21(19,20)14-7-4-8-15(2)3/h5-6,9,13-14H,4,7-8H2,1-3H3. The monoisotopic (exact) mass is 316 g/mol. The highest BCUT2D eigenvalue weighted by atomic mass is 32.2. The maximum Gasteiger partial charge on any atom is 0.270 e. The molecule has 0 unspecified atom stereocenters. The van der Waals surface area contributed by atoms with Crippen molar-refractivity contribution in [3.05, 3.63) is 28.3 Å². The van der Waals surface area contributed by atoms with Gasteiger partial charge in [-0.25, -0.2) is 13.1 Å². The number of benzene rings is 1. The first-order chi connectivity index (χ1) is 9.77. The molecule has 0 radical (unpaired) electrons. The van der Waals surface area contributed by atoms with Crippen molar-refractivity contribution in [1.82, 2.24) is 9.62 Å². The summed E-state index contributed by atoms with van der Waals surface area (Å²) in [7, 11) is 1.56. The van der Waals surface area contributed by atoms with Crippen LogP contribution in [0.25, 0.3) is 0 Å². The van der Waals surface area contributed by atoms with E-state index < -0.39 is 14.9 Å². The van der Waals surface area contributed by atoms with Gasteiger partial charge >= 0.3 is 0 Å². The average Bonchev–Trinajstić information content (AvgIpc) is 2.42. The Morgan fingerprint density at radius 3 is 2.52 bits per heavy atom. The molecular weight excluding hydrogens is 296 g/mol. The Kier molecular flexibility index (Phi) is 6.06. The average molecular weight is 316 g/mol. The molecule has 1 rings (SSSR count). The van der Waals surface area contributed by atoms with Gasteiger partial charge in [-0.2, -0.15) is 0 Å². The minimum Gasteiger partial charge on any atom is -0.387 e. The lowest BCUT2D eigenvalue weighted by Gasteiger charge is -2.12. The molecule has 21 heavy (non-hydrogen) atoms. The van der Waals surface area contributed by atoms with E-state index in [1.807, 2.05) is 19.0 Å². The smallest absolute Gasteiger partial charge is 0.270 e. The molecule has 0 saturated heterocycles. The molecule has 1 aromatic carbocycles. The number of nitrogens with one attached hydrogen (secondary N) is 2. The molecule has 8 nitrogen and oxygen atoms in total. The van der Waals surface area contributed by atoms with Gasteiger partial charge in [0.2, 0.25) is 10.0 Å². The fourth-order valence-corrected chi connectivity index (χ4v) is 3.04. The van der Waals surface area contributed by atoms with Gasteiger partial charge in [-0.1, -0.05) is 0 Å². The first-order valence-corrected chi connectivity index (χ1v) is 7.87. The SMILES string of the molecule is CNc1ccc([N+](=O)[O-])cc1S(=O)(=O)NCCCN(C)C. The lowest BCUT2D eigenvalue weighted by atomic mass is 10.3. The second kappa shape index (κ2) is 7.34. The van der Waals surface area contributed by atoms with E-state index in [9.17, 15) is 18.5 Å². The quantitative estimate of drug-likeness (QED) is 0.419. The van der Waals surface area contributed by atoms with Crippen LogP contribution in [-0.2, 0) is 10.0 Å². The van der Waals surface area contributed by atoms with Crippen LogP contribution in [0.5, 0.6) is 0 Å². The van der Waals surface area contributed by atoms with Crippen molar-refractivity contribution >= 4 is 21.4 Å². The number of nitro groups is 1. The highest BCUT2D eigenvalue weighted by Gasteiger charge is 2.21. The van der Waals surface area contributed by atoms with Crippen LogP contribution < -0.4 is 10.0 Å². The zero-order valence-electron chi connectivity index (χ0n) is 12.3. The summed E-state index contributed by atoms with van der Waals surface area (Å²) in [5.41, 5.74) is 0.0587. The molecule has 1 aromatic rings. The van der Waals surface area contributed by atoms with E-state index >= 15 is 0 Å². The number of non-ortho nitro benzene ring substituents is 1. The summed E-state index contributed by atoms with van der Waals surface area (Å²) in [5.74, 6) is 0. The van der Waals surface area contributed by atoms with Gasteiger partial charge < -0.3 is 10.2 Å². The molecule has 0 heterocycles. The summed E-state index contributed by atoms with van der Waals surface area (Å²) in [6.45, 7) is 1.02. The number of hydrogen-bond acceptors (Lipinski definition) is 6. The largest absolute Gasteiger partial charge is 0.387 e. The van der Waals surface area contributed by atoms with Gasteiger partial charge in [0.05, 0.1) is 10.6 Å². The van der Waals surface area contributed by atoms with Gasteiger partial charge in [-0.15, -0.1) is 0 Å².